The third-order valence-electron chi connectivity index (χ3n) is 2.02. The normalized spacial score (nSPS) is 10.5. The average molecular weight is 179 g/mol. The summed E-state index contributed by atoms with van der Waals surface area (Å²) in [5.41, 5.74) is 2.41. The van der Waals surface area contributed by atoms with Crippen molar-refractivity contribution >= 4 is 5.69 Å². The van der Waals surface area contributed by atoms with Gasteiger partial charge in [0, 0.05) is 12.2 Å². The largest absolute Gasteiger partial charge is 0.395 e. The van der Waals surface area contributed by atoms with Gasteiger partial charge in [-0.15, -0.1) is 0 Å². The van der Waals surface area contributed by atoms with Crippen LogP contribution < -0.4 is 5.32 Å². The van der Waals surface area contributed by atoms with Crippen LogP contribution in [-0.4, -0.2) is 18.3 Å². The molecule has 0 fully saturated rings. The number of aliphatic hydroxyl groups is 1. The SMILES string of the molecule is CC(C)c1ccc(NCCO)cc1. The summed E-state index contributed by atoms with van der Waals surface area (Å²) in [5.74, 6) is 0.576. The molecule has 2 heteroatoms. The first kappa shape index (κ1) is 10.1. The second kappa shape index (κ2) is 4.87. The molecule has 1 aromatic carbocycles. The number of nitrogens with one attached hydrogen (secondary N) is 1. The van der Waals surface area contributed by atoms with Gasteiger partial charge in [0.05, 0.1) is 6.61 Å². The molecule has 0 aliphatic rings. The second-order valence-electron chi connectivity index (χ2n) is 3.43. The summed E-state index contributed by atoms with van der Waals surface area (Å²) in [7, 11) is 0. The Bertz CT molecular complexity index is 241. The van der Waals surface area contributed by atoms with Gasteiger partial charge in [0.15, 0.2) is 0 Å². The van der Waals surface area contributed by atoms with Crippen LogP contribution in [-0.2, 0) is 0 Å². The van der Waals surface area contributed by atoms with Crippen LogP contribution in [0.15, 0.2) is 24.3 Å². The Kier molecular flexibility index (Phi) is 3.77. The molecule has 1 rings (SSSR count). The molecule has 0 atom stereocenters. The summed E-state index contributed by atoms with van der Waals surface area (Å²) in [4.78, 5) is 0. The Morgan fingerprint density at radius 2 is 1.85 bits per heavy atom. The molecule has 0 bridgehead atoms. The first-order chi connectivity index (χ1) is 6.24. The molecule has 2 nitrogen and oxygen atoms in total. The standard InChI is InChI=1S/C11H17NO/c1-9(2)10-3-5-11(6-4-10)12-7-8-13/h3-6,9,12-13H,7-8H2,1-2H3. The molecule has 0 aliphatic heterocycles. The van der Waals surface area contributed by atoms with Crippen molar-refractivity contribution < 1.29 is 5.11 Å². The molecule has 0 heterocycles. The van der Waals surface area contributed by atoms with Crippen LogP contribution in [0, 0.1) is 0 Å². The van der Waals surface area contributed by atoms with Gasteiger partial charge < -0.3 is 10.4 Å². The van der Waals surface area contributed by atoms with Gasteiger partial charge in [0.1, 0.15) is 0 Å². The molecule has 0 spiro atoms. The van der Waals surface area contributed by atoms with Gasteiger partial charge in [-0.05, 0) is 23.6 Å². The third-order valence-corrected chi connectivity index (χ3v) is 2.02. The van der Waals surface area contributed by atoms with Crippen LogP contribution in [0.1, 0.15) is 25.3 Å². The number of hydrogen-bond acceptors (Lipinski definition) is 2. The fourth-order valence-corrected chi connectivity index (χ4v) is 1.19. The van der Waals surface area contributed by atoms with E-state index in [1.54, 1.807) is 0 Å². The highest BCUT2D eigenvalue weighted by Gasteiger charge is 1.97. The van der Waals surface area contributed by atoms with Gasteiger partial charge in [-0.25, -0.2) is 0 Å². The van der Waals surface area contributed by atoms with Crippen molar-refractivity contribution in [1.82, 2.24) is 0 Å². The lowest BCUT2D eigenvalue weighted by molar-refractivity contribution is 0.311. The number of rotatable bonds is 4. The Labute approximate surface area is 79.6 Å². The van der Waals surface area contributed by atoms with E-state index in [2.05, 4.69) is 31.3 Å². The Balaban J connectivity index is 2.59. The maximum atomic E-state index is 8.61. The molecule has 72 valence electrons. The van der Waals surface area contributed by atoms with Gasteiger partial charge in [-0.1, -0.05) is 26.0 Å². The van der Waals surface area contributed by atoms with Crippen molar-refractivity contribution in [2.24, 2.45) is 0 Å². The van der Waals surface area contributed by atoms with Crippen molar-refractivity contribution in [1.29, 1.82) is 0 Å². The van der Waals surface area contributed by atoms with E-state index in [9.17, 15) is 0 Å². The van der Waals surface area contributed by atoms with E-state index < -0.39 is 0 Å². The lowest BCUT2D eigenvalue weighted by Gasteiger charge is -2.07. The van der Waals surface area contributed by atoms with Gasteiger partial charge in [0.2, 0.25) is 0 Å². The average Bonchev–Trinajstić information content (AvgIpc) is 2.15. The fourth-order valence-electron chi connectivity index (χ4n) is 1.19. The van der Waals surface area contributed by atoms with Crippen LogP contribution in [0.3, 0.4) is 0 Å². The molecule has 0 aromatic heterocycles. The summed E-state index contributed by atoms with van der Waals surface area (Å²) >= 11 is 0. The molecule has 0 amide bonds. The molecule has 1 aromatic rings. The molecule has 0 saturated heterocycles. The van der Waals surface area contributed by atoms with Crippen LogP contribution in [0.2, 0.25) is 0 Å². The highest BCUT2D eigenvalue weighted by Crippen LogP contribution is 2.16. The van der Waals surface area contributed by atoms with E-state index in [4.69, 9.17) is 5.11 Å². The number of hydrogen-bond donors (Lipinski definition) is 2. The quantitative estimate of drug-likeness (QED) is 0.742. The van der Waals surface area contributed by atoms with E-state index in [1.165, 1.54) is 5.56 Å². The predicted octanol–water partition coefficient (Wildman–Crippen LogP) is 2.21. The highest BCUT2D eigenvalue weighted by atomic mass is 16.3. The van der Waals surface area contributed by atoms with Crippen LogP contribution >= 0.6 is 0 Å². The van der Waals surface area contributed by atoms with Gasteiger partial charge >= 0.3 is 0 Å². The summed E-state index contributed by atoms with van der Waals surface area (Å²) in [5, 5.41) is 11.7. The van der Waals surface area contributed by atoms with Gasteiger partial charge in [-0.2, -0.15) is 0 Å². The first-order valence-electron chi connectivity index (χ1n) is 4.68. The Morgan fingerprint density at radius 1 is 1.23 bits per heavy atom. The number of aliphatic hydroxyl groups excluding tert-OH is 1. The van der Waals surface area contributed by atoms with Crippen molar-refractivity contribution in [3.8, 4) is 0 Å². The third kappa shape index (κ3) is 3.07. The summed E-state index contributed by atoms with van der Waals surface area (Å²) < 4.78 is 0. The molecule has 13 heavy (non-hydrogen) atoms. The Morgan fingerprint density at radius 3 is 2.31 bits per heavy atom. The van der Waals surface area contributed by atoms with E-state index in [0.717, 1.165) is 5.69 Å². The fraction of sp³-hybridized carbons (Fsp3) is 0.455. The number of benzene rings is 1. The van der Waals surface area contributed by atoms with Crippen LogP contribution in [0.5, 0.6) is 0 Å². The topological polar surface area (TPSA) is 32.3 Å². The van der Waals surface area contributed by atoms with Crippen molar-refractivity contribution in [3.05, 3.63) is 29.8 Å². The van der Waals surface area contributed by atoms with Crippen molar-refractivity contribution in [2.45, 2.75) is 19.8 Å². The predicted molar refractivity (Wildman–Crippen MR) is 56.1 cm³/mol. The van der Waals surface area contributed by atoms with E-state index in [1.807, 2.05) is 12.1 Å². The molecule has 0 radical (unpaired) electrons. The lowest BCUT2D eigenvalue weighted by Crippen LogP contribution is -2.05. The van der Waals surface area contributed by atoms with Crippen LogP contribution in [0.25, 0.3) is 0 Å². The molecular weight excluding hydrogens is 162 g/mol. The summed E-state index contributed by atoms with van der Waals surface area (Å²) in [6.07, 6.45) is 0. The minimum Gasteiger partial charge on any atom is -0.395 e. The van der Waals surface area contributed by atoms with E-state index >= 15 is 0 Å². The lowest BCUT2D eigenvalue weighted by atomic mass is 10.0. The zero-order valence-corrected chi connectivity index (χ0v) is 8.25. The second-order valence-corrected chi connectivity index (χ2v) is 3.43. The summed E-state index contributed by atoms with van der Waals surface area (Å²) in [6.45, 7) is 5.14. The minimum absolute atomic E-state index is 0.173. The first-order valence-corrected chi connectivity index (χ1v) is 4.68. The molecule has 0 saturated carbocycles. The molecule has 2 N–H and O–H groups in total. The zero-order chi connectivity index (χ0) is 9.68. The number of anilines is 1. The van der Waals surface area contributed by atoms with Gasteiger partial charge in [0.25, 0.3) is 0 Å². The zero-order valence-electron chi connectivity index (χ0n) is 8.25. The van der Waals surface area contributed by atoms with Crippen molar-refractivity contribution in [3.63, 3.8) is 0 Å². The molecule has 0 aliphatic carbocycles. The summed E-state index contributed by atoms with van der Waals surface area (Å²) in [6, 6.07) is 8.32. The van der Waals surface area contributed by atoms with E-state index in [0.29, 0.717) is 12.5 Å². The van der Waals surface area contributed by atoms with Crippen LogP contribution in [0.4, 0.5) is 5.69 Å². The van der Waals surface area contributed by atoms with E-state index in [-0.39, 0.29) is 6.61 Å². The maximum Gasteiger partial charge on any atom is 0.0604 e. The van der Waals surface area contributed by atoms with Gasteiger partial charge in [-0.3, -0.25) is 0 Å². The molecule has 0 unspecified atom stereocenters. The van der Waals surface area contributed by atoms with Crippen molar-refractivity contribution in [2.75, 3.05) is 18.5 Å². The Hall–Kier alpha value is -1.02. The molecular formula is C11H17NO. The smallest absolute Gasteiger partial charge is 0.0604 e. The minimum atomic E-state index is 0.173. The monoisotopic (exact) mass is 179 g/mol. The maximum absolute atomic E-state index is 8.61. The highest BCUT2D eigenvalue weighted by molar-refractivity contribution is 5.44.